The van der Waals surface area contributed by atoms with Gasteiger partial charge in [-0.2, -0.15) is 4.99 Å². The molecule has 0 unspecified atom stereocenters. The molecule has 4 heterocycles. The molecule has 42 heavy (non-hydrogen) atoms. The average molecular weight is 588 g/mol. The highest BCUT2D eigenvalue weighted by atomic mass is 32.1. The minimum atomic E-state index is -0.228. The molecule has 3 aromatic rings. The second-order valence-corrected chi connectivity index (χ2v) is 13.1. The number of fused-ring (bicyclic) bond motifs is 2. The van der Waals surface area contributed by atoms with Crippen LogP contribution in [0.2, 0.25) is 0 Å². The van der Waals surface area contributed by atoms with Crippen molar-refractivity contribution >= 4 is 44.8 Å². The van der Waals surface area contributed by atoms with Crippen LogP contribution in [-0.4, -0.2) is 65.9 Å². The van der Waals surface area contributed by atoms with Gasteiger partial charge in [0, 0.05) is 59.1 Å². The Labute approximate surface area is 252 Å². The lowest BCUT2D eigenvalue weighted by Crippen LogP contribution is -2.44. The first-order valence-electron chi connectivity index (χ1n) is 15.5. The summed E-state index contributed by atoms with van der Waals surface area (Å²) in [4.78, 5) is 40.2. The minimum Gasteiger partial charge on any atom is -0.476 e. The lowest BCUT2D eigenvalue weighted by atomic mass is 9.84. The van der Waals surface area contributed by atoms with E-state index in [0.29, 0.717) is 24.5 Å². The molecular weight excluding hydrogens is 546 g/mol. The number of amidine groups is 1. The Kier molecular flexibility index (Phi) is 8.86. The molecule has 0 spiro atoms. The van der Waals surface area contributed by atoms with E-state index in [1.165, 1.54) is 19.3 Å². The monoisotopic (exact) mass is 587 g/mol. The first kappa shape index (κ1) is 28.8. The lowest BCUT2D eigenvalue weighted by Gasteiger charge is -2.36. The zero-order valence-corrected chi connectivity index (χ0v) is 25.5. The number of benzene rings is 1. The van der Waals surface area contributed by atoms with Crippen LogP contribution >= 0.6 is 11.3 Å². The second-order valence-electron chi connectivity index (χ2n) is 12.1. The number of pyridine rings is 1. The maximum atomic E-state index is 13.4. The van der Waals surface area contributed by atoms with Crippen LogP contribution < -0.4 is 15.0 Å². The van der Waals surface area contributed by atoms with Gasteiger partial charge in [-0.05, 0) is 94.4 Å². The molecule has 222 valence electrons. The van der Waals surface area contributed by atoms with Crippen LogP contribution in [-0.2, 0) is 11.2 Å². The highest BCUT2D eigenvalue weighted by molar-refractivity contribution is 7.17. The molecular formula is C33H41N5O3S. The molecule has 6 rings (SSSR count). The summed E-state index contributed by atoms with van der Waals surface area (Å²) in [7, 11) is 0. The van der Waals surface area contributed by atoms with Gasteiger partial charge in [-0.25, -0.2) is 4.98 Å². The Morgan fingerprint density at radius 3 is 2.69 bits per heavy atom. The van der Waals surface area contributed by atoms with Gasteiger partial charge < -0.3 is 15.0 Å². The number of hydrogen-bond acceptors (Lipinski definition) is 6. The largest absolute Gasteiger partial charge is 0.476 e. The predicted octanol–water partition coefficient (Wildman–Crippen LogP) is 5.85. The van der Waals surface area contributed by atoms with Crippen molar-refractivity contribution in [2.24, 2.45) is 10.9 Å². The third kappa shape index (κ3) is 6.52. The number of likely N-dealkylation sites (tertiary alicyclic amines) is 1. The predicted molar refractivity (Wildman–Crippen MR) is 169 cm³/mol. The van der Waals surface area contributed by atoms with E-state index in [4.69, 9.17) is 9.73 Å². The van der Waals surface area contributed by atoms with Crippen LogP contribution in [0.1, 0.15) is 74.7 Å². The van der Waals surface area contributed by atoms with E-state index < -0.39 is 0 Å². The summed E-state index contributed by atoms with van der Waals surface area (Å²) < 4.78 is 7.22. The molecule has 8 nitrogen and oxygen atoms in total. The molecule has 1 saturated heterocycles. The van der Waals surface area contributed by atoms with E-state index in [0.717, 1.165) is 72.5 Å². The summed E-state index contributed by atoms with van der Waals surface area (Å²) in [6.07, 6.45) is 9.62. The minimum absolute atomic E-state index is 0.0244. The van der Waals surface area contributed by atoms with E-state index in [1.54, 1.807) is 11.3 Å². The molecule has 0 bridgehead atoms. The number of thiophene rings is 1. The summed E-state index contributed by atoms with van der Waals surface area (Å²) in [6.45, 7) is 7.79. The number of rotatable bonds is 8. The van der Waals surface area contributed by atoms with Gasteiger partial charge in [0.15, 0.2) is 0 Å². The first-order valence-corrected chi connectivity index (χ1v) is 16.4. The van der Waals surface area contributed by atoms with Gasteiger partial charge in [0.25, 0.3) is 5.91 Å². The fraction of sp³-hybridized carbons (Fsp3) is 0.515. The number of aliphatic imine (C=N–C) groups is 1. The number of piperidine rings is 1. The maximum Gasteiger partial charge on any atom is 0.278 e. The zero-order chi connectivity index (χ0) is 29.1. The van der Waals surface area contributed by atoms with Crippen molar-refractivity contribution in [3.63, 3.8) is 0 Å². The molecule has 2 amide bonds. The quantitative estimate of drug-likeness (QED) is 0.356. The molecule has 9 heteroatoms. The number of ether oxygens (including phenoxy) is 1. The second kappa shape index (κ2) is 12.9. The molecule has 2 aliphatic heterocycles. The Hall–Kier alpha value is -3.30. The fourth-order valence-electron chi connectivity index (χ4n) is 6.52. The maximum absolute atomic E-state index is 13.4. The summed E-state index contributed by atoms with van der Waals surface area (Å²) in [5.41, 5.74) is 2.67. The number of anilines is 1. The highest BCUT2D eigenvalue weighted by Crippen LogP contribution is 2.38. The van der Waals surface area contributed by atoms with Gasteiger partial charge in [0.05, 0.1) is 5.69 Å². The van der Waals surface area contributed by atoms with Crippen molar-refractivity contribution in [3.05, 3.63) is 53.0 Å². The van der Waals surface area contributed by atoms with E-state index in [-0.39, 0.29) is 29.8 Å². The zero-order valence-electron chi connectivity index (χ0n) is 24.7. The van der Waals surface area contributed by atoms with Gasteiger partial charge in [0.2, 0.25) is 11.8 Å². The van der Waals surface area contributed by atoms with E-state index >= 15 is 0 Å². The normalized spacial score (nSPS) is 22.1. The molecule has 2 fully saturated rings. The van der Waals surface area contributed by atoms with Crippen LogP contribution in [0, 0.1) is 5.92 Å². The van der Waals surface area contributed by atoms with Crippen LogP contribution in [0.4, 0.5) is 5.69 Å². The number of nitrogens with zero attached hydrogens (tertiary/aromatic N) is 4. The van der Waals surface area contributed by atoms with Gasteiger partial charge in [0.1, 0.15) is 12.4 Å². The molecule has 2 aromatic heterocycles. The average Bonchev–Trinajstić information content (AvgIpc) is 3.61. The van der Waals surface area contributed by atoms with Crippen LogP contribution in [0.5, 0.6) is 5.88 Å². The van der Waals surface area contributed by atoms with Crippen LogP contribution in [0.3, 0.4) is 0 Å². The number of carbonyl (C=O) groups excluding carboxylic acids is 2. The van der Waals surface area contributed by atoms with Crippen molar-refractivity contribution < 1.29 is 14.3 Å². The van der Waals surface area contributed by atoms with Gasteiger partial charge >= 0.3 is 0 Å². The van der Waals surface area contributed by atoms with Gasteiger partial charge in [-0.15, -0.1) is 11.3 Å². The number of nitrogens with one attached hydrogen (secondary N) is 1. The molecule has 1 aromatic carbocycles. The van der Waals surface area contributed by atoms with Crippen LogP contribution in [0.25, 0.3) is 10.1 Å². The summed E-state index contributed by atoms with van der Waals surface area (Å²) in [6, 6.07) is 10.2. The molecule has 1 saturated carbocycles. The molecule has 3 aliphatic rings. The third-order valence-electron chi connectivity index (χ3n) is 8.73. The number of aromatic nitrogens is 1. The Bertz CT molecular complexity index is 1450. The number of carbonyl (C=O) groups is 2. The molecule has 0 radical (unpaired) electrons. The fourth-order valence-corrected chi connectivity index (χ4v) is 7.35. The number of amides is 2. The van der Waals surface area contributed by atoms with Gasteiger partial charge in [-0.1, -0.05) is 12.5 Å². The SMILES string of the molecule is CC(C)NC(=O)C1CCC(N2C(=NC(=O)c3ccc4ccsc4c3)Cc3cnc(OCCN4CCCCC4)cc32)CC1. The number of hydrogen-bond donors (Lipinski definition) is 1. The highest BCUT2D eigenvalue weighted by Gasteiger charge is 2.36. The van der Waals surface area contributed by atoms with Crippen molar-refractivity contribution in [3.8, 4) is 5.88 Å². The summed E-state index contributed by atoms with van der Waals surface area (Å²) in [5, 5.41) is 6.25. The van der Waals surface area contributed by atoms with E-state index in [9.17, 15) is 9.59 Å². The lowest BCUT2D eigenvalue weighted by molar-refractivity contribution is -0.126. The van der Waals surface area contributed by atoms with Crippen LogP contribution in [0.15, 0.2) is 46.9 Å². The third-order valence-corrected chi connectivity index (χ3v) is 9.61. The Morgan fingerprint density at radius 1 is 1.10 bits per heavy atom. The van der Waals surface area contributed by atoms with Crippen molar-refractivity contribution in [1.29, 1.82) is 0 Å². The Balaban J connectivity index is 1.22. The van der Waals surface area contributed by atoms with E-state index in [2.05, 4.69) is 26.2 Å². The van der Waals surface area contributed by atoms with Crippen molar-refractivity contribution in [2.45, 2.75) is 77.3 Å². The standard InChI is InChI=1S/C33H41N5O3S/c1-22(2)35-32(39)24-8-10-27(11-9-24)38-28-20-31(41-16-15-37-13-4-3-5-14-37)34-21-26(28)19-30(38)36-33(40)25-7-6-23-12-17-42-29(23)18-25/h6-7,12,17-18,20-22,24,27H,3-5,8-11,13-16,19H2,1-2H3,(H,35,39). The van der Waals surface area contributed by atoms with Crippen molar-refractivity contribution in [1.82, 2.24) is 15.2 Å². The molecule has 1 aliphatic carbocycles. The first-order chi connectivity index (χ1) is 20.4. The molecule has 0 atom stereocenters. The smallest absolute Gasteiger partial charge is 0.278 e. The van der Waals surface area contributed by atoms with Gasteiger partial charge in [-0.3, -0.25) is 14.5 Å². The Morgan fingerprint density at radius 2 is 1.90 bits per heavy atom. The molecule has 1 N–H and O–H groups in total. The van der Waals surface area contributed by atoms with E-state index in [1.807, 2.05) is 49.7 Å². The van der Waals surface area contributed by atoms with Crippen molar-refractivity contribution in [2.75, 3.05) is 31.1 Å². The topological polar surface area (TPSA) is 87.1 Å². The summed E-state index contributed by atoms with van der Waals surface area (Å²) >= 11 is 1.63. The summed E-state index contributed by atoms with van der Waals surface area (Å²) in [5.74, 6) is 1.30.